The number of nitrogens with one attached hydrogen (secondary N) is 2. The van der Waals surface area contributed by atoms with E-state index in [1.807, 2.05) is 13.8 Å². The lowest BCUT2D eigenvalue weighted by Crippen LogP contribution is -2.63. The molecular formula is C21H34ClN3O8. The van der Waals surface area contributed by atoms with Crippen molar-refractivity contribution < 1.29 is 39.9 Å². The first kappa shape index (κ1) is 30.7. The van der Waals surface area contributed by atoms with Gasteiger partial charge >= 0.3 is 11.8 Å². The van der Waals surface area contributed by atoms with E-state index in [-0.39, 0.29) is 36.9 Å². The summed E-state index contributed by atoms with van der Waals surface area (Å²) >= 11 is 0. The number of aryl methyl sites for hydroxylation is 1. The maximum Gasteiger partial charge on any atom is 0.303 e. The highest BCUT2D eigenvalue weighted by atomic mass is 35.5. The summed E-state index contributed by atoms with van der Waals surface area (Å²) in [6.45, 7) is 5.15. The van der Waals surface area contributed by atoms with Gasteiger partial charge in [-0.05, 0) is 37.3 Å². The number of para-hydroxylation sites is 1. The Balaban J connectivity index is 0.0000102. The van der Waals surface area contributed by atoms with Gasteiger partial charge in [0.25, 0.3) is 5.91 Å². The normalized spacial score (nSPS) is 13.6. The molecule has 0 aromatic heterocycles. The molecule has 0 fully saturated rings. The van der Waals surface area contributed by atoms with Gasteiger partial charge in [-0.15, -0.1) is 12.4 Å². The Kier molecular flexibility index (Phi) is 11.9. The number of carbonyl (C=O) groups is 3. The number of amides is 2. The SMILES string of the molecule is CC(C)C[C@H](N)C(=O)NC(C)CC(O)(O)C(O)(O)C(=O)Nc1ccccc1CCC(=O)O.Cl. The van der Waals surface area contributed by atoms with Crippen LogP contribution >= 0.6 is 12.4 Å². The fourth-order valence-corrected chi connectivity index (χ4v) is 3.08. The van der Waals surface area contributed by atoms with Gasteiger partial charge in [0, 0.05) is 24.6 Å². The first-order valence-electron chi connectivity index (χ1n) is 10.2. The van der Waals surface area contributed by atoms with Gasteiger partial charge in [-0.25, -0.2) is 0 Å². The Morgan fingerprint density at radius 2 is 1.64 bits per heavy atom. The van der Waals surface area contributed by atoms with Gasteiger partial charge in [-0.3, -0.25) is 14.4 Å². The summed E-state index contributed by atoms with van der Waals surface area (Å²) in [5, 5.41) is 54.3. The fraction of sp³-hybridized carbons (Fsp3) is 0.571. The van der Waals surface area contributed by atoms with Crippen LogP contribution in [-0.4, -0.2) is 67.0 Å². The highest BCUT2D eigenvalue weighted by Crippen LogP contribution is 2.26. The number of hydrogen-bond acceptors (Lipinski definition) is 8. The second kappa shape index (κ2) is 12.8. The third-order valence-electron chi connectivity index (χ3n) is 4.79. The van der Waals surface area contributed by atoms with E-state index in [4.69, 9.17) is 10.8 Å². The van der Waals surface area contributed by atoms with Crippen molar-refractivity contribution in [1.29, 1.82) is 0 Å². The first-order valence-corrected chi connectivity index (χ1v) is 10.2. The Morgan fingerprint density at radius 3 is 2.18 bits per heavy atom. The van der Waals surface area contributed by atoms with Crippen molar-refractivity contribution in [1.82, 2.24) is 5.32 Å². The maximum atomic E-state index is 12.4. The van der Waals surface area contributed by atoms with Crippen LogP contribution in [0.2, 0.25) is 0 Å². The van der Waals surface area contributed by atoms with Gasteiger partial charge in [0.1, 0.15) is 0 Å². The second-order valence-corrected chi connectivity index (χ2v) is 8.34. The quantitative estimate of drug-likeness (QED) is 0.180. The summed E-state index contributed by atoms with van der Waals surface area (Å²) in [6.07, 6.45) is -0.571. The van der Waals surface area contributed by atoms with Gasteiger partial charge in [0.15, 0.2) is 0 Å². The van der Waals surface area contributed by atoms with Crippen LogP contribution in [0.25, 0.3) is 0 Å². The van der Waals surface area contributed by atoms with E-state index in [2.05, 4.69) is 10.6 Å². The molecule has 12 heteroatoms. The minimum absolute atomic E-state index is 0. The minimum Gasteiger partial charge on any atom is -0.481 e. The van der Waals surface area contributed by atoms with Crippen molar-refractivity contribution in [3.05, 3.63) is 29.8 Å². The molecule has 0 saturated heterocycles. The van der Waals surface area contributed by atoms with E-state index in [1.54, 1.807) is 6.07 Å². The third kappa shape index (κ3) is 9.24. The highest BCUT2D eigenvalue weighted by molar-refractivity contribution is 5.97. The molecule has 2 amide bonds. The number of aliphatic carboxylic acids is 1. The zero-order chi connectivity index (χ0) is 24.7. The van der Waals surface area contributed by atoms with Crippen LogP contribution in [0.1, 0.15) is 45.6 Å². The van der Waals surface area contributed by atoms with Crippen molar-refractivity contribution in [2.24, 2.45) is 11.7 Å². The van der Waals surface area contributed by atoms with Crippen LogP contribution < -0.4 is 16.4 Å². The number of carbonyl (C=O) groups excluding carboxylic acids is 2. The lowest BCUT2D eigenvalue weighted by molar-refractivity contribution is -0.338. The molecule has 0 bridgehead atoms. The van der Waals surface area contributed by atoms with Crippen LogP contribution in [0.5, 0.6) is 0 Å². The van der Waals surface area contributed by atoms with Crippen LogP contribution in [0.4, 0.5) is 5.69 Å². The van der Waals surface area contributed by atoms with E-state index in [9.17, 15) is 34.8 Å². The number of anilines is 1. The zero-order valence-electron chi connectivity index (χ0n) is 18.8. The van der Waals surface area contributed by atoms with Crippen molar-refractivity contribution in [2.45, 2.75) is 70.1 Å². The van der Waals surface area contributed by atoms with E-state index < -0.39 is 47.9 Å². The number of benzene rings is 1. The van der Waals surface area contributed by atoms with Crippen molar-refractivity contribution in [3.63, 3.8) is 0 Å². The van der Waals surface area contributed by atoms with Gasteiger partial charge in [-0.2, -0.15) is 0 Å². The predicted octanol–water partition coefficient (Wildman–Crippen LogP) is -0.306. The first-order chi connectivity index (χ1) is 14.7. The van der Waals surface area contributed by atoms with Crippen molar-refractivity contribution >= 4 is 35.9 Å². The average molecular weight is 492 g/mol. The van der Waals surface area contributed by atoms with E-state index >= 15 is 0 Å². The molecule has 33 heavy (non-hydrogen) atoms. The molecule has 0 spiro atoms. The molecule has 1 aromatic carbocycles. The summed E-state index contributed by atoms with van der Waals surface area (Å²) in [4.78, 5) is 35.3. The molecule has 1 aromatic rings. The summed E-state index contributed by atoms with van der Waals surface area (Å²) in [6, 6.07) is 4.28. The average Bonchev–Trinajstić information content (AvgIpc) is 2.65. The molecule has 11 nitrogen and oxygen atoms in total. The molecule has 0 radical (unpaired) electrons. The largest absolute Gasteiger partial charge is 0.481 e. The molecule has 2 atom stereocenters. The standard InChI is InChI=1S/C21H33N3O8.ClH/c1-12(2)10-15(22)18(27)23-13(3)11-20(29,30)21(31,32)19(28)24-16-7-5-4-6-14(16)8-9-17(25)26;/h4-7,12-13,15,29-32H,8-11,22H2,1-3H3,(H,23,27)(H,24,28)(H,25,26);1H/t13?,15-;/m0./s1. The molecule has 188 valence electrons. The van der Waals surface area contributed by atoms with Crippen LogP contribution in [0, 0.1) is 5.92 Å². The van der Waals surface area contributed by atoms with E-state index in [1.165, 1.54) is 25.1 Å². The number of hydrogen-bond donors (Lipinski definition) is 8. The molecule has 9 N–H and O–H groups in total. The molecule has 0 aliphatic rings. The number of carboxylic acid groups (broad SMARTS) is 1. The molecule has 1 unspecified atom stereocenters. The molecule has 0 saturated carbocycles. The minimum atomic E-state index is -3.65. The topological polar surface area (TPSA) is 202 Å². The lowest BCUT2D eigenvalue weighted by Gasteiger charge is -2.35. The summed E-state index contributed by atoms with van der Waals surface area (Å²) < 4.78 is 0. The summed E-state index contributed by atoms with van der Waals surface area (Å²) in [5.74, 6) is -9.97. The zero-order valence-corrected chi connectivity index (χ0v) is 19.6. The van der Waals surface area contributed by atoms with Crippen LogP contribution in [0.15, 0.2) is 24.3 Å². The lowest BCUT2D eigenvalue weighted by atomic mass is 9.96. The van der Waals surface area contributed by atoms with E-state index in [0.717, 1.165) is 0 Å². The highest BCUT2D eigenvalue weighted by Gasteiger charge is 2.54. The number of nitrogens with two attached hydrogens (primary N) is 1. The molecule has 0 heterocycles. The van der Waals surface area contributed by atoms with E-state index in [0.29, 0.717) is 12.0 Å². The molecule has 0 aliphatic carbocycles. The van der Waals surface area contributed by atoms with Crippen LogP contribution in [-0.2, 0) is 20.8 Å². The van der Waals surface area contributed by atoms with Crippen molar-refractivity contribution in [3.8, 4) is 0 Å². The predicted molar refractivity (Wildman–Crippen MR) is 122 cm³/mol. The van der Waals surface area contributed by atoms with Crippen molar-refractivity contribution in [2.75, 3.05) is 5.32 Å². The van der Waals surface area contributed by atoms with Gasteiger partial charge in [0.05, 0.1) is 6.04 Å². The van der Waals surface area contributed by atoms with Crippen LogP contribution in [0.3, 0.4) is 0 Å². The van der Waals surface area contributed by atoms with Gasteiger partial charge in [0.2, 0.25) is 11.7 Å². The monoisotopic (exact) mass is 491 g/mol. The fourth-order valence-electron chi connectivity index (χ4n) is 3.08. The number of aliphatic hydroxyl groups is 4. The Bertz CT molecular complexity index is 816. The molecule has 1 rings (SSSR count). The summed E-state index contributed by atoms with van der Waals surface area (Å²) in [5.41, 5.74) is 6.26. The molecule has 0 aliphatic heterocycles. The number of rotatable bonds is 12. The smallest absolute Gasteiger partial charge is 0.303 e. The van der Waals surface area contributed by atoms with Gasteiger partial charge in [-0.1, -0.05) is 32.0 Å². The Morgan fingerprint density at radius 1 is 1.06 bits per heavy atom. The van der Waals surface area contributed by atoms with Gasteiger partial charge < -0.3 is 41.9 Å². The maximum absolute atomic E-state index is 12.4. The third-order valence-corrected chi connectivity index (χ3v) is 4.79. The molecular weight excluding hydrogens is 458 g/mol. The number of halogens is 1. The Labute approximate surface area is 198 Å². The Hall–Kier alpha value is -2.28. The summed E-state index contributed by atoms with van der Waals surface area (Å²) in [7, 11) is 0. The number of carboxylic acids is 1. The second-order valence-electron chi connectivity index (χ2n) is 8.34.